The van der Waals surface area contributed by atoms with Gasteiger partial charge in [-0.3, -0.25) is 0 Å². The zero-order valence-electron chi connectivity index (χ0n) is 4.70. The van der Waals surface area contributed by atoms with Gasteiger partial charge in [0.2, 0.25) is 0 Å². The molecule has 1 nitrogen and oxygen atoms in total. The Bertz CT molecular complexity index is 82.2. The topological polar surface area (TPSA) is 12.0 Å². The molecule has 1 heterocycles. The number of hydrogen-bond donors (Lipinski definition) is 1. The second-order valence-corrected chi connectivity index (χ2v) is 2.46. The molecule has 0 atom stereocenters. The quantitative estimate of drug-likeness (QED) is 0.477. The van der Waals surface area contributed by atoms with E-state index in [2.05, 4.69) is 18.8 Å². The van der Waals surface area contributed by atoms with E-state index < -0.39 is 0 Å². The fraction of sp³-hybridized carbons (Fsp3) is 0.667. The van der Waals surface area contributed by atoms with Crippen molar-refractivity contribution in [1.82, 2.24) is 5.32 Å². The molecule has 40 valence electrons. The molecule has 1 N–H and O–H groups in total. The summed E-state index contributed by atoms with van der Waals surface area (Å²) in [5.74, 6) is 0. The average molecular weight is 97.2 g/mol. The summed E-state index contributed by atoms with van der Waals surface area (Å²) >= 11 is 0. The molecule has 0 saturated carbocycles. The second kappa shape index (κ2) is 1.34. The van der Waals surface area contributed by atoms with Crippen molar-refractivity contribution in [3.8, 4) is 0 Å². The Morgan fingerprint density at radius 1 is 1.71 bits per heavy atom. The molecule has 0 aromatic heterocycles. The number of nitrogens with one attached hydrogen (secondary N) is 1. The van der Waals surface area contributed by atoms with Crippen molar-refractivity contribution < 1.29 is 0 Å². The van der Waals surface area contributed by atoms with Gasteiger partial charge >= 0.3 is 0 Å². The lowest BCUT2D eigenvalue weighted by Gasteiger charge is -2.36. The lowest BCUT2D eigenvalue weighted by molar-refractivity contribution is 0.269. The standard InChI is InChI=1S/C6H11N/c1-3-6(2)4-7-5-6/h3,7H,1,4-5H2,2H3. The smallest absolute Gasteiger partial charge is 0.0100 e. The molecule has 0 unspecified atom stereocenters. The van der Waals surface area contributed by atoms with E-state index in [4.69, 9.17) is 0 Å². The van der Waals surface area contributed by atoms with Crippen LogP contribution in [-0.4, -0.2) is 13.1 Å². The minimum atomic E-state index is 0.417. The van der Waals surface area contributed by atoms with E-state index in [0.717, 1.165) is 13.1 Å². The van der Waals surface area contributed by atoms with Crippen LogP contribution < -0.4 is 5.32 Å². The number of rotatable bonds is 1. The van der Waals surface area contributed by atoms with E-state index in [1.54, 1.807) is 0 Å². The molecule has 1 rings (SSSR count). The Morgan fingerprint density at radius 3 is 2.29 bits per heavy atom. The Morgan fingerprint density at radius 2 is 2.29 bits per heavy atom. The Labute approximate surface area is 44.4 Å². The van der Waals surface area contributed by atoms with Gasteiger partial charge in [-0.2, -0.15) is 0 Å². The number of hydrogen-bond acceptors (Lipinski definition) is 1. The van der Waals surface area contributed by atoms with Crippen LogP contribution in [0.4, 0.5) is 0 Å². The van der Waals surface area contributed by atoms with Gasteiger partial charge in [0.05, 0.1) is 0 Å². The Kier molecular flexibility index (Phi) is 0.927. The lowest BCUT2D eigenvalue weighted by Crippen LogP contribution is -2.49. The van der Waals surface area contributed by atoms with Crippen molar-refractivity contribution in [2.75, 3.05) is 13.1 Å². The van der Waals surface area contributed by atoms with Gasteiger partial charge in [-0.05, 0) is 0 Å². The Hall–Kier alpha value is -0.300. The maximum Gasteiger partial charge on any atom is 0.0100 e. The summed E-state index contributed by atoms with van der Waals surface area (Å²) in [5, 5.41) is 3.18. The fourth-order valence-electron chi connectivity index (χ4n) is 0.664. The van der Waals surface area contributed by atoms with E-state index >= 15 is 0 Å². The van der Waals surface area contributed by atoms with Crippen molar-refractivity contribution in [2.45, 2.75) is 6.92 Å². The zero-order valence-corrected chi connectivity index (χ0v) is 4.70. The summed E-state index contributed by atoms with van der Waals surface area (Å²) < 4.78 is 0. The summed E-state index contributed by atoms with van der Waals surface area (Å²) in [6, 6.07) is 0. The van der Waals surface area contributed by atoms with Crippen molar-refractivity contribution in [3.63, 3.8) is 0 Å². The molecule has 0 aromatic rings. The average Bonchev–Trinajstić information content (AvgIpc) is 1.61. The van der Waals surface area contributed by atoms with Crippen LogP contribution in [0.25, 0.3) is 0 Å². The van der Waals surface area contributed by atoms with Gasteiger partial charge in [-0.15, -0.1) is 6.58 Å². The van der Waals surface area contributed by atoms with Crippen LogP contribution in [0.5, 0.6) is 0 Å². The van der Waals surface area contributed by atoms with Crippen LogP contribution in [0.1, 0.15) is 6.92 Å². The van der Waals surface area contributed by atoms with E-state index in [1.807, 2.05) is 6.08 Å². The van der Waals surface area contributed by atoms with Crippen molar-refractivity contribution >= 4 is 0 Å². The molecular weight excluding hydrogens is 86.1 g/mol. The molecule has 0 aliphatic carbocycles. The molecule has 0 aromatic carbocycles. The first-order valence-electron chi connectivity index (χ1n) is 2.61. The highest BCUT2D eigenvalue weighted by Gasteiger charge is 2.26. The molecule has 7 heavy (non-hydrogen) atoms. The van der Waals surface area contributed by atoms with Crippen LogP contribution in [-0.2, 0) is 0 Å². The molecule has 0 amide bonds. The van der Waals surface area contributed by atoms with Crippen LogP contribution in [0.3, 0.4) is 0 Å². The maximum absolute atomic E-state index is 3.71. The summed E-state index contributed by atoms with van der Waals surface area (Å²) in [5.41, 5.74) is 0.417. The first kappa shape index (κ1) is 4.85. The molecule has 1 aliphatic rings. The molecule has 1 fully saturated rings. The second-order valence-electron chi connectivity index (χ2n) is 2.46. The summed E-state index contributed by atoms with van der Waals surface area (Å²) in [6.07, 6.45) is 2.02. The van der Waals surface area contributed by atoms with Crippen LogP contribution in [0.2, 0.25) is 0 Å². The molecule has 0 bridgehead atoms. The third kappa shape index (κ3) is 0.682. The minimum Gasteiger partial charge on any atom is -0.315 e. The monoisotopic (exact) mass is 97.1 g/mol. The molecule has 1 heteroatoms. The molecular formula is C6H11N. The highest BCUT2D eigenvalue weighted by molar-refractivity contribution is 5.00. The van der Waals surface area contributed by atoms with E-state index in [-0.39, 0.29) is 0 Å². The summed E-state index contributed by atoms with van der Waals surface area (Å²) in [7, 11) is 0. The lowest BCUT2D eigenvalue weighted by atomic mass is 9.85. The van der Waals surface area contributed by atoms with Gasteiger partial charge in [0.25, 0.3) is 0 Å². The minimum absolute atomic E-state index is 0.417. The normalized spacial score (nSPS) is 25.9. The van der Waals surface area contributed by atoms with Gasteiger partial charge in [-0.25, -0.2) is 0 Å². The first-order chi connectivity index (χ1) is 3.27. The highest BCUT2D eigenvalue weighted by atomic mass is 15.0. The van der Waals surface area contributed by atoms with E-state index in [9.17, 15) is 0 Å². The fourth-order valence-corrected chi connectivity index (χ4v) is 0.664. The third-order valence-corrected chi connectivity index (χ3v) is 1.55. The zero-order chi connectivity index (χ0) is 5.33. The van der Waals surface area contributed by atoms with Gasteiger partial charge in [-0.1, -0.05) is 13.0 Å². The Balaban J connectivity index is 2.43. The van der Waals surface area contributed by atoms with Crippen molar-refractivity contribution in [3.05, 3.63) is 12.7 Å². The summed E-state index contributed by atoms with van der Waals surface area (Å²) in [4.78, 5) is 0. The molecule has 0 radical (unpaired) electrons. The van der Waals surface area contributed by atoms with Gasteiger partial charge in [0.1, 0.15) is 0 Å². The van der Waals surface area contributed by atoms with Crippen LogP contribution >= 0.6 is 0 Å². The van der Waals surface area contributed by atoms with Crippen LogP contribution in [0.15, 0.2) is 12.7 Å². The largest absolute Gasteiger partial charge is 0.315 e. The molecule has 1 saturated heterocycles. The van der Waals surface area contributed by atoms with Gasteiger partial charge in [0.15, 0.2) is 0 Å². The van der Waals surface area contributed by atoms with Crippen molar-refractivity contribution in [2.24, 2.45) is 5.41 Å². The van der Waals surface area contributed by atoms with Gasteiger partial charge < -0.3 is 5.32 Å². The van der Waals surface area contributed by atoms with Crippen molar-refractivity contribution in [1.29, 1.82) is 0 Å². The first-order valence-corrected chi connectivity index (χ1v) is 2.61. The van der Waals surface area contributed by atoms with Crippen LogP contribution in [0, 0.1) is 5.41 Å². The molecule has 0 spiro atoms. The highest BCUT2D eigenvalue weighted by Crippen LogP contribution is 2.21. The van der Waals surface area contributed by atoms with E-state index in [1.165, 1.54) is 0 Å². The summed E-state index contributed by atoms with van der Waals surface area (Å²) in [6.45, 7) is 8.13. The predicted octanol–water partition coefficient (Wildman–Crippen LogP) is 0.782. The SMILES string of the molecule is C=CC1(C)CNC1. The van der Waals surface area contributed by atoms with E-state index in [0.29, 0.717) is 5.41 Å². The maximum atomic E-state index is 3.71. The predicted molar refractivity (Wildman–Crippen MR) is 31.2 cm³/mol. The van der Waals surface area contributed by atoms with Gasteiger partial charge in [0, 0.05) is 18.5 Å². The third-order valence-electron chi connectivity index (χ3n) is 1.55. The molecule has 1 aliphatic heterocycles.